The predicted octanol–water partition coefficient (Wildman–Crippen LogP) is 7.36. The second-order valence-corrected chi connectivity index (χ2v) is 10.7. The highest BCUT2D eigenvalue weighted by Gasteiger charge is 2.42. The molecule has 1 heterocycles. The fourth-order valence-corrected chi connectivity index (χ4v) is 5.51. The van der Waals surface area contributed by atoms with Gasteiger partial charge in [-0.15, -0.1) is 0 Å². The summed E-state index contributed by atoms with van der Waals surface area (Å²) in [6, 6.07) is 33.9. The molecule has 2 N–H and O–H groups in total. The summed E-state index contributed by atoms with van der Waals surface area (Å²) < 4.78 is 5.65. The Bertz CT molecular complexity index is 1570. The van der Waals surface area contributed by atoms with E-state index in [9.17, 15) is 14.4 Å². The molecule has 8 heteroatoms. The zero-order valence-electron chi connectivity index (χ0n) is 23.7. The molecule has 1 atom stereocenters. The van der Waals surface area contributed by atoms with Crippen LogP contribution < -0.4 is 10.6 Å². The van der Waals surface area contributed by atoms with Crippen molar-refractivity contribution in [3.8, 4) is 0 Å². The van der Waals surface area contributed by atoms with E-state index >= 15 is 0 Å². The van der Waals surface area contributed by atoms with Crippen molar-refractivity contribution >= 4 is 29.6 Å². The fraction of sp³-hybridized carbons (Fsp3) is 0.171. The zero-order valence-corrected chi connectivity index (χ0v) is 24.5. The maximum atomic E-state index is 13.7. The van der Waals surface area contributed by atoms with E-state index in [0.717, 1.165) is 21.6 Å². The van der Waals surface area contributed by atoms with Gasteiger partial charge in [-0.1, -0.05) is 115 Å². The topological polar surface area (TPSA) is 87.7 Å². The molecule has 218 valence electrons. The van der Waals surface area contributed by atoms with Crippen LogP contribution in [0.1, 0.15) is 47.6 Å². The highest BCUT2D eigenvalue weighted by Crippen LogP contribution is 2.36. The molecule has 1 unspecified atom stereocenters. The Balaban J connectivity index is 1.39. The third kappa shape index (κ3) is 7.13. The lowest BCUT2D eigenvalue weighted by molar-refractivity contribution is -0.141. The molecule has 4 aromatic rings. The van der Waals surface area contributed by atoms with Crippen molar-refractivity contribution in [1.82, 2.24) is 15.5 Å². The Hall–Kier alpha value is -4.88. The average molecular weight is 594 g/mol. The number of hydrogen-bond acceptors (Lipinski definition) is 4. The molecule has 4 amide bonds. The van der Waals surface area contributed by atoms with Crippen molar-refractivity contribution in [3.63, 3.8) is 0 Å². The number of imide groups is 1. The number of benzene rings is 4. The Kier molecular flexibility index (Phi) is 9.54. The van der Waals surface area contributed by atoms with Crippen LogP contribution in [-0.2, 0) is 16.1 Å². The first kappa shape index (κ1) is 29.6. The molecule has 0 spiro atoms. The Morgan fingerprint density at radius 2 is 1.49 bits per heavy atom. The van der Waals surface area contributed by atoms with Crippen LogP contribution >= 0.6 is 11.6 Å². The Labute approximate surface area is 256 Å². The van der Waals surface area contributed by atoms with Gasteiger partial charge in [-0.2, -0.15) is 0 Å². The number of carbonyl (C=O) groups excluding carboxylic acids is 3. The number of esters is 1. The van der Waals surface area contributed by atoms with E-state index in [1.54, 1.807) is 31.2 Å². The number of urea groups is 2. The molecule has 0 aromatic heterocycles. The van der Waals surface area contributed by atoms with Gasteiger partial charge in [-0.05, 0) is 47.7 Å². The molecule has 4 aromatic carbocycles. The third-order valence-corrected chi connectivity index (χ3v) is 7.61. The Morgan fingerprint density at radius 1 is 0.884 bits per heavy atom. The first-order valence-corrected chi connectivity index (χ1v) is 14.5. The smallest absolute Gasteiger partial charge is 0.338 e. The van der Waals surface area contributed by atoms with E-state index in [4.69, 9.17) is 16.3 Å². The summed E-state index contributed by atoms with van der Waals surface area (Å²) in [7, 11) is 0. The predicted molar refractivity (Wildman–Crippen MR) is 166 cm³/mol. The van der Waals surface area contributed by atoms with Crippen LogP contribution in [0.15, 0.2) is 127 Å². The van der Waals surface area contributed by atoms with Crippen LogP contribution in [0.25, 0.3) is 0 Å². The van der Waals surface area contributed by atoms with Crippen LogP contribution in [0.4, 0.5) is 9.59 Å². The van der Waals surface area contributed by atoms with Gasteiger partial charge in [0.25, 0.3) is 0 Å². The van der Waals surface area contributed by atoms with Crippen LogP contribution in [0.3, 0.4) is 0 Å². The molecule has 0 aliphatic carbocycles. The lowest BCUT2D eigenvalue weighted by Crippen LogP contribution is -2.54. The largest absolute Gasteiger partial charge is 0.457 e. The summed E-state index contributed by atoms with van der Waals surface area (Å²) in [5.74, 6) is -0.607. The highest BCUT2D eigenvalue weighted by atomic mass is 35.5. The van der Waals surface area contributed by atoms with E-state index in [2.05, 4.69) is 34.9 Å². The molecule has 5 rings (SSSR count). The molecular weight excluding hydrogens is 562 g/mol. The van der Waals surface area contributed by atoms with Gasteiger partial charge < -0.3 is 15.4 Å². The molecular formula is C35H32ClN3O4. The number of allylic oxidation sites excluding steroid dienone is 1. The SMILES string of the molecule is CC1=C(C(=O)OCc2ccccc2)C(c2cccc(Cl)c2)N(C(=O)NCCC(c2ccccc2)c2ccccc2)C(=O)N1. The molecule has 0 saturated heterocycles. The van der Waals surface area contributed by atoms with Gasteiger partial charge in [-0.3, -0.25) is 0 Å². The van der Waals surface area contributed by atoms with E-state index in [-0.39, 0.29) is 24.6 Å². The van der Waals surface area contributed by atoms with Gasteiger partial charge in [0.2, 0.25) is 0 Å². The van der Waals surface area contributed by atoms with Crippen LogP contribution in [0.2, 0.25) is 5.02 Å². The normalized spacial score (nSPS) is 14.8. The van der Waals surface area contributed by atoms with Crippen molar-refractivity contribution in [2.24, 2.45) is 0 Å². The summed E-state index contributed by atoms with van der Waals surface area (Å²) in [4.78, 5) is 41.6. The number of nitrogens with one attached hydrogen (secondary N) is 2. The van der Waals surface area contributed by atoms with E-state index in [0.29, 0.717) is 22.7 Å². The molecule has 1 aliphatic rings. The van der Waals surface area contributed by atoms with Crippen molar-refractivity contribution in [2.75, 3.05) is 6.54 Å². The van der Waals surface area contributed by atoms with Gasteiger partial charge in [0, 0.05) is 23.2 Å². The first-order valence-electron chi connectivity index (χ1n) is 14.1. The summed E-state index contributed by atoms with van der Waals surface area (Å²) in [5, 5.41) is 6.00. The number of hydrogen-bond donors (Lipinski definition) is 2. The average Bonchev–Trinajstić information content (AvgIpc) is 3.03. The molecule has 0 saturated carbocycles. The highest BCUT2D eigenvalue weighted by molar-refractivity contribution is 6.30. The minimum absolute atomic E-state index is 0.0345. The number of amides is 4. The maximum Gasteiger partial charge on any atom is 0.338 e. The number of carbonyl (C=O) groups is 3. The number of rotatable bonds is 9. The van der Waals surface area contributed by atoms with Gasteiger partial charge in [0.05, 0.1) is 5.57 Å². The third-order valence-electron chi connectivity index (χ3n) is 7.38. The minimum Gasteiger partial charge on any atom is -0.457 e. The number of ether oxygens (including phenoxy) is 1. The second-order valence-electron chi connectivity index (χ2n) is 10.3. The minimum atomic E-state index is -1.05. The molecule has 0 radical (unpaired) electrons. The summed E-state index contributed by atoms with van der Waals surface area (Å²) >= 11 is 6.32. The molecule has 0 bridgehead atoms. The quantitative estimate of drug-likeness (QED) is 0.199. The van der Waals surface area contributed by atoms with Crippen LogP contribution in [0, 0.1) is 0 Å². The number of halogens is 1. The van der Waals surface area contributed by atoms with Gasteiger partial charge >= 0.3 is 18.0 Å². The van der Waals surface area contributed by atoms with Crippen molar-refractivity contribution in [1.29, 1.82) is 0 Å². The lowest BCUT2D eigenvalue weighted by Gasteiger charge is -2.36. The van der Waals surface area contributed by atoms with Crippen molar-refractivity contribution in [2.45, 2.75) is 31.9 Å². The molecule has 43 heavy (non-hydrogen) atoms. The van der Waals surface area contributed by atoms with Gasteiger partial charge in [0.1, 0.15) is 12.6 Å². The van der Waals surface area contributed by atoms with Crippen molar-refractivity contribution in [3.05, 3.63) is 154 Å². The monoisotopic (exact) mass is 593 g/mol. The van der Waals surface area contributed by atoms with Gasteiger partial charge in [0.15, 0.2) is 0 Å². The van der Waals surface area contributed by atoms with Gasteiger partial charge in [-0.25, -0.2) is 19.3 Å². The first-order chi connectivity index (χ1) is 20.9. The van der Waals surface area contributed by atoms with E-state index in [1.165, 1.54) is 0 Å². The lowest BCUT2D eigenvalue weighted by atomic mass is 9.88. The molecule has 1 aliphatic heterocycles. The number of nitrogens with zero attached hydrogens (tertiary/aromatic N) is 1. The zero-order chi connectivity index (χ0) is 30.2. The Morgan fingerprint density at radius 3 is 2.09 bits per heavy atom. The van der Waals surface area contributed by atoms with E-state index in [1.807, 2.05) is 66.7 Å². The second kappa shape index (κ2) is 13.9. The van der Waals surface area contributed by atoms with Crippen molar-refractivity contribution < 1.29 is 19.1 Å². The summed E-state index contributed by atoms with van der Waals surface area (Å²) in [6.45, 7) is 1.95. The molecule has 7 nitrogen and oxygen atoms in total. The maximum absolute atomic E-state index is 13.7. The fourth-order valence-electron chi connectivity index (χ4n) is 5.31. The van der Waals surface area contributed by atoms with E-state index < -0.39 is 24.1 Å². The standard InChI is InChI=1S/C35H32ClN3O4/c1-24-31(33(40)43-23-25-12-5-2-6-13-25)32(28-18-11-19-29(36)22-28)39(35(42)38-24)34(41)37-21-20-30(26-14-7-3-8-15-26)27-16-9-4-10-17-27/h2-19,22,30,32H,20-21,23H2,1H3,(H,37,41)(H,38,42). The summed E-state index contributed by atoms with van der Waals surface area (Å²) in [5.41, 5.74) is 4.03. The van der Waals surface area contributed by atoms with Crippen LogP contribution in [-0.4, -0.2) is 29.5 Å². The summed E-state index contributed by atoms with van der Waals surface area (Å²) in [6.07, 6.45) is 0.595. The van der Waals surface area contributed by atoms with Crippen LogP contribution in [0.5, 0.6) is 0 Å². The molecule has 0 fully saturated rings.